The third kappa shape index (κ3) is 4.27. The van der Waals surface area contributed by atoms with Crippen LogP contribution in [0.25, 0.3) is 0 Å². The minimum atomic E-state index is -3.88. The topological polar surface area (TPSA) is 87.0 Å². The Morgan fingerprint density at radius 2 is 1.69 bits per heavy atom. The van der Waals surface area contributed by atoms with Crippen molar-refractivity contribution in [2.75, 3.05) is 13.1 Å². The molecule has 0 bridgehead atoms. The average molecular weight is 453 g/mol. The van der Waals surface area contributed by atoms with Gasteiger partial charge < -0.3 is 5.11 Å². The molecule has 2 aromatic carbocycles. The highest BCUT2D eigenvalue weighted by atomic mass is 32.2. The first-order chi connectivity index (χ1) is 15.4. The highest BCUT2D eigenvalue weighted by Gasteiger charge is 2.52. The van der Waals surface area contributed by atoms with Crippen LogP contribution in [0.4, 0.5) is 0 Å². The molecule has 2 unspecified atom stereocenters. The summed E-state index contributed by atoms with van der Waals surface area (Å²) in [6, 6.07) is 18.1. The van der Waals surface area contributed by atoms with Gasteiger partial charge in [-0.3, -0.25) is 14.7 Å². The van der Waals surface area contributed by atoms with Gasteiger partial charge in [-0.05, 0) is 68.1 Å². The minimum Gasteiger partial charge on any atom is -0.481 e. The van der Waals surface area contributed by atoms with E-state index < -0.39 is 26.7 Å². The first-order valence-electron chi connectivity index (χ1n) is 11.0. The van der Waals surface area contributed by atoms with Crippen LogP contribution in [0.5, 0.6) is 0 Å². The molecule has 1 saturated heterocycles. The number of piperidine rings is 1. The predicted molar refractivity (Wildman–Crippen MR) is 125 cm³/mol. The molecule has 0 spiro atoms. The zero-order valence-corrected chi connectivity index (χ0v) is 18.7. The molecule has 0 radical (unpaired) electrons. The van der Waals surface area contributed by atoms with Crippen molar-refractivity contribution in [3.05, 3.63) is 78.4 Å². The second kappa shape index (κ2) is 9.38. The third-order valence-electron chi connectivity index (χ3n) is 6.53. The highest BCUT2D eigenvalue weighted by Crippen LogP contribution is 2.40. The summed E-state index contributed by atoms with van der Waals surface area (Å²) in [5, 5.41) is 9.37. The maximum atomic E-state index is 13.8. The van der Waals surface area contributed by atoms with Gasteiger partial charge in [-0.2, -0.15) is 0 Å². The number of carbonyl (C=O) groups is 1. The van der Waals surface area contributed by atoms with Gasteiger partial charge >= 0.3 is 5.97 Å². The van der Waals surface area contributed by atoms with Crippen LogP contribution in [0.1, 0.15) is 37.2 Å². The van der Waals surface area contributed by atoms with E-state index in [1.165, 1.54) is 11.8 Å². The van der Waals surface area contributed by atoms with Crippen molar-refractivity contribution in [3.63, 3.8) is 0 Å². The average Bonchev–Trinajstić information content (AvgIpc) is 3.32. The van der Waals surface area contributed by atoms with Crippen molar-refractivity contribution < 1.29 is 18.3 Å². The lowest BCUT2D eigenvalue weighted by atomic mass is 9.87. The molecule has 32 heavy (non-hydrogen) atoms. The van der Waals surface area contributed by atoms with Crippen molar-refractivity contribution in [2.45, 2.75) is 47.4 Å². The Morgan fingerprint density at radius 1 is 1.06 bits per heavy atom. The van der Waals surface area contributed by atoms with Gasteiger partial charge in [0, 0.05) is 12.6 Å². The number of aliphatic imine (C=N–C) groups is 1. The quantitative estimate of drug-likeness (QED) is 0.656. The van der Waals surface area contributed by atoms with Crippen LogP contribution in [-0.2, 0) is 14.6 Å². The van der Waals surface area contributed by atoms with Crippen LogP contribution in [-0.4, -0.2) is 54.6 Å². The van der Waals surface area contributed by atoms with E-state index in [0.29, 0.717) is 19.0 Å². The number of allylic oxidation sites excluding steroid dienone is 1. The van der Waals surface area contributed by atoms with E-state index in [9.17, 15) is 18.3 Å². The van der Waals surface area contributed by atoms with E-state index in [1.807, 2.05) is 18.2 Å². The van der Waals surface area contributed by atoms with Crippen LogP contribution >= 0.6 is 0 Å². The number of nitrogens with zero attached hydrogens (tertiary/aromatic N) is 2. The van der Waals surface area contributed by atoms with Crippen molar-refractivity contribution >= 4 is 22.0 Å². The van der Waals surface area contributed by atoms with Crippen LogP contribution in [0.3, 0.4) is 0 Å². The summed E-state index contributed by atoms with van der Waals surface area (Å²) >= 11 is 0. The Balaban J connectivity index is 1.65. The summed E-state index contributed by atoms with van der Waals surface area (Å²) in [4.78, 5) is 16.7. The molecular formula is C25H28N2O4S. The molecule has 2 aliphatic heterocycles. The number of hydrogen-bond acceptors (Lipinski definition) is 5. The van der Waals surface area contributed by atoms with Gasteiger partial charge in [0.05, 0.1) is 10.9 Å². The van der Waals surface area contributed by atoms with Gasteiger partial charge in [-0.15, -0.1) is 0 Å². The van der Waals surface area contributed by atoms with Crippen LogP contribution in [0.15, 0.2) is 82.7 Å². The summed E-state index contributed by atoms with van der Waals surface area (Å²) < 4.78 is 27.7. The monoisotopic (exact) mass is 452 g/mol. The van der Waals surface area contributed by atoms with Crippen molar-refractivity contribution in [1.82, 2.24) is 4.90 Å². The maximum absolute atomic E-state index is 13.8. The fourth-order valence-corrected chi connectivity index (χ4v) is 6.86. The van der Waals surface area contributed by atoms with Gasteiger partial charge in [-0.1, -0.05) is 48.5 Å². The van der Waals surface area contributed by atoms with Crippen molar-refractivity contribution in [2.24, 2.45) is 4.99 Å². The lowest BCUT2D eigenvalue weighted by Crippen LogP contribution is -2.56. The van der Waals surface area contributed by atoms with E-state index in [-0.39, 0.29) is 17.7 Å². The fourth-order valence-electron chi connectivity index (χ4n) is 4.89. The van der Waals surface area contributed by atoms with Gasteiger partial charge in [0.1, 0.15) is 0 Å². The summed E-state index contributed by atoms with van der Waals surface area (Å²) in [5.41, 5.74) is 1.29. The lowest BCUT2D eigenvalue weighted by Gasteiger charge is -2.44. The summed E-state index contributed by atoms with van der Waals surface area (Å²) in [7, 11) is -3.88. The molecule has 0 amide bonds. The van der Waals surface area contributed by atoms with E-state index in [0.717, 1.165) is 12.8 Å². The zero-order valence-electron chi connectivity index (χ0n) is 17.9. The molecule has 1 fully saturated rings. The van der Waals surface area contributed by atoms with E-state index in [4.69, 9.17) is 0 Å². The van der Waals surface area contributed by atoms with Crippen LogP contribution in [0.2, 0.25) is 0 Å². The van der Waals surface area contributed by atoms with Crippen LogP contribution in [0, 0.1) is 0 Å². The first kappa shape index (κ1) is 22.4. The summed E-state index contributed by atoms with van der Waals surface area (Å²) in [5.74, 6) is -0.524. The lowest BCUT2D eigenvalue weighted by molar-refractivity contribution is -0.137. The maximum Gasteiger partial charge on any atom is 0.303 e. The van der Waals surface area contributed by atoms with E-state index in [2.05, 4.69) is 22.0 Å². The Labute approximate surface area is 189 Å². The minimum absolute atomic E-state index is 0.112. The summed E-state index contributed by atoms with van der Waals surface area (Å²) in [6.07, 6.45) is 6.68. The Kier molecular flexibility index (Phi) is 6.58. The highest BCUT2D eigenvalue weighted by molar-refractivity contribution is 7.93. The van der Waals surface area contributed by atoms with Crippen LogP contribution < -0.4 is 0 Å². The third-order valence-corrected chi connectivity index (χ3v) is 8.80. The molecule has 7 heteroatoms. The number of sulfone groups is 1. The smallest absolute Gasteiger partial charge is 0.303 e. The van der Waals surface area contributed by atoms with Gasteiger partial charge in [0.2, 0.25) is 9.84 Å². The van der Waals surface area contributed by atoms with Gasteiger partial charge in [0.15, 0.2) is 4.87 Å². The molecule has 0 saturated carbocycles. The van der Waals surface area contributed by atoms with Crippen molar-refractivity contribution in [1.29, 1.82) is 0 Å². The molecule has 6 nitrogen and oxygen atoms in total. The van der Waals surface area contributed by atoms with Gasteiger partial charge in [-0.25, -0.2) is 8.42 Å². The largest absolute Gasteiger partial charge is 0.481 e. The second-order valence-electron chi connectivity index (χ2n) is 8.37. The zero-order chi connectivity index (χ0) is 22.6. The molecular weight excluding hydrogens is 424 g/mol. The SMILES string of the molecule is O=C(O)CCC(N1CCC(c2ccccc2)CC1)C1(S(=O)(=O)c2ccccc2)C=CC=N1. The Hall–Kier alpha value is -2.77. The van der Waals surface area contributed by atoms with Gasteiger partial charge in [0.25, 0.3) is 0 Å². The Morgan fingerprint density at radius 3 is 2.25 bits per heavy atom. The number of likely N-dealkylation sites (tertiary alicyclic amines) is 1. The number of hydrogen-bond donors (Lipinski definition) is 1. The second-order valence-corrected chi connectivity index (χ2v) is 10.5. The van der Waals surface area contributed by atoms with Crippen molar-refractivity contribution in [3.8, 4) is 0 Å². The number of carboxylic acid groups (broad SMARTS) is 1. The standard InChI is InChI=1S/C25H28N2O4S/c28-24(29)13-12-23(27-18-14-21(15-19-27)20-8-3-1-4-9-20)25(16-7-17-26-25)32(30,31)22-10-5-2-6-11-22/h1-11,16-17,21,23H,12-15,18-19H2,(H,28,29). The molecule has 2 aromatic rings. The number of aliphatic carboxylic acids is 1. The number of carboxylic acids is 1. The number of rotatable bonds is 8. The molecule has 168 valence electrons. The van der Waals surface area contributed by atoms with E-state index >= 15 is 0 Å². The first-order valence-corrected chi connectivity index (χ1v) is 12.5. The molecule has 4 rings (SSSR count). The Bertz CT molecular complexity index is 1080. The fraction of sp³-hybridized carbons (Fsp3) is 0.360. The normalized spacial score (nSPS) is 22.8. The molecule has 0 aliphatic carbocycles. The molecule has 2 atom stereocenters. The molecule has 1 N–H and O–H groups in total. The molecule has 0 aromatic heterocycles. The number of benzene rings is 2. The molecule has 2 heterocycles. The molecule has 2 aliphatic rings. The predicted octanol–water partition coefficient (Wildman–Crippen LogP) is 3.91. The summed E-state index contributed by atoms with van der Waals surface area (Å²) in [6.45, 7) is 1.39. The van der Waals surface area contributed by atoms with E-state index in [1.54, 1.807) is 42.5 Å².